The maximum absolute atomic E-state index is 12.6. The molecule has 2 aliphatic heterocycles. The van der Waals surface area contributed by atoms with Gasteiger partial charge in [-0.15, -0.1) is 16.9 Å². The Bertz CT molecular complexity index is 1160. The molecule has 1 aromatic heterocycles. The van der Waals surface area contributed by atoms with Crippen LogP contribution in [0.25, 0.3) is 11.8 Å². The lowest BCUT2D eigenvalue weighted by Gasteiger charge is -2.20. The molecule has 1 aromatic carbocycles. The number of nitrogens with zero attached hydrogens (tertiary/aromatic N) is 4. The van der Waals surface area contributed by atoms with E-state index in [9.17, 15) is 4.79 Å². The number of aryl methyl sites for hydroxylation is 1. The number of hydrogen-bond acceptors (Lipinski definition) is 5. The summed E-state index contributed by atoms with van der Waals surface area (Å²) in [6.45, 7) is 8.52. The topological polar surface area (TPSA) is 73.8 Å². The van der Waals surface area contributed by atoms with Crippen molar-refractivity contribution in [3.05, 3.63) is 58.4 Å². The first-order valence-electron chi connectivity index (χ1n) is 10.2. The van der Waals surface area contributed by atoms with Crippen LogP contribution in [0.15, 0.2) is 46.0 Å². The first-order chi connectivity index (χ1) is 14.8. The highest BCUT2D eigenvalue weighted by Gasteiger charge is 2.35. The van der Waals surface area contributed by atoms with Gasteiger partial charge in [-0.3, -0.25) is 10.2 Å². The maximum atomic E-state index is 12.6. The second-order valence-corrected chi connectivity index (χ2v) is 9.66. The molecule has 0 bridgehead atoms. The number of fused-ring (bicyclic) bond motifs is 1. The van der Waals surface area contributed by atoms with Gasteiger partial charge >= 0.3 is 0 Å². The molecule has 0 aliphatic carbocycles. The number of nitrogens with one attached hydrogen (secondary N) is 1. The number of aliphatic imine (C=N–C) groups is 1. The van der Waals surface area contributed by atoms with Crippen molar-refractivity contribution in [3.63, 3.8) is 0 Å². The fourth-order valence-electron chi connectivity index (χ4n) is 3.73. The molecule has 0 unspecified atom stereocenters. The van der Waals surface area contributed by atoms with E-state index in [0.29, 0.717) is 11.1 Å². The lowest BCUT2D eigenvalue weighted by molar-refractivity contribution is -0.114. The molecule has 0 fully saturated rings. The van der Waals surface area contributed by atoms with E-state index in [-0.39, 0.29) is 11.4 Å². The number of hydrazone groups is 1. The Hall–Kier alpha value is -2.58. The molecule has 2 aromatic rings. The van der Waals surface area contributed by atoms with Gasteiger partial charge in [0, 0.05) is 17.1 Å². The third-order valence-electron chi connectivity index (χ3n) is 5.71. The van der Waals surface area contributed by atoms with Gasteiger partial charge < -0.3 is 4.57 Å². The molecule has 2 aliphatic rings. The van der Waals surface area contributed by atoms with E-state index in [2.05, 4.69) is 52.8 Å². The van der Waals surface area contributed by atoms with E-state index < -0.39 is 5.91 Å². The summed E-state index contributed by atoms with van der Waals surface area (Å²) in [6.07, 6.45) is 4.78. The summed E-state index contributed by atoms with van der Waals surface area (Å²) in [4.78, 5) is 16.8. The zero-order valence-electron chi connectivity index (χ0n) is 18.3. The van der Waals surface area contributed by atoms with Gasteiger partial charge in [-0.25, -0.2) is 0 Å². The minimum absolute atomic E-state index is 0.0641. The predicted octanol–water partition coefficient (Wildman–Crippen LogP) is 5.55. The van der Waals surface area contributed by atoms with Crippen LogP contribution in [0.5, 0.6) is 0 Å². The molecule has 4 rings (SSSR count). The van der Waals surface area contributed by atoms with Crippen LogP contribution in [0.3, 0.4) is 0 Å². The molecule has 160 valence electrons. The minimum atomic E-state index is -0.399. The number of hydrogen-bond donors (Lipinski definition) is 1. The van der Waals surface area contributed by atoms with Crippen LogP contribution >= 0.6 is 23.5 Å². The van der Waals surface area contributed by atoms with E-state index in [1.807, 2.05) is 26.2 Å². The number of thioether (sulfide) groups is 2. The highest BCUT2D eigenvalue weighted by Crippen LogP contribution is 2.32. The molecule has 1 amide bonds. The van der Waals surface area contributed by atoms with Gasteiger partial charge in [0.25, 0.3) is 5.91 Å². The number of amides is 1. The Morgan fingerprint density at radius 3 is 2.61 bits per heavy atom. The fraction of sp³-hybridized carbons (Fsp3) is 0.304. The average molecular weight is 452 g/mol. The molecule has 0 spiro atoms. The summed E-state index contributed by atoms with van der Waals surface area (Å²) in [5.41, 5.74) is 5.65. The highest BCUT2D eigenvalue weighted by atomic mass is 32.2. The van der Waals surface area contributed by atoms with Gasteiger partial charge in [0.15, 0.2) is 10.2 Å². The molecule has 0 saturated heterocycles. The second-order valence-electron chi connectivity index (χ2n) is 7.65. The van der Waals surface area contributed by atoms with Crippen LogP contribution in [-0.2, 0) is 4.79 Å². The van der Waals surface area contributed by atoms with Crippen LogP contribution in [0.2, 0.25) is 0 Å². The molecule has 0 saturated carbocycles. The predicted molar refractivity (Wildman–Crippen MR) is 132 cm³/mol. The molecule has 6 nitrogen and oxygen atoms in total. The van der Waals surface area contributed by atoms with Gasteiger partial charge in [0.2, 0.25) is 5.17 Å². The van der Waals surface area contributed by atoms with Crippen molar-refractivity contribution in [1.29, 1.82) is 5.41 Å². The van der Waals surface area contributed by atoms with Crippen molar-refractivity contribution in [2.75, 3.05) is 6.26 Å². The molecule has 3 heterocycles. The lowest BCUT2D eigenvalue weighted by atomic mass is 9.98. The SMILES string of the molecule is CC[C@H](C)c1ccc(-n2c(C)cc(/C=C3/C(=N)N4N=C(SC)SC4=NC3=O)c2C)cc1. The van der Waals surface area contributed by atoms with E-state index >= 15 is 0 Å². The van der Waals surface area contributed by atoms with Crippen LogP contribution in [0.1, 0.15) is 48.7 Å². The van der Waals surface area contributed by atoms with E-state index in [1.54, 1.807) is 6.08 Å². The Morgan fingerprint density at radius 2 is 1.97 bits per heavy atom. The Kier molecular flexibility index (Phi) is 5.94. The van der Waals surface area contributed by atoms with Crippen molar-refractivity contribution in [2.45, 2.75) is 40.0 Å². The van der Waals surface area contributed by atoms with Crippen molar-refractivity contribution in [1.82, 2.24) is 9.58 Å². The van der Waals surface area contributed by atoms with Gasteiger partial charge in [0.05, 0.1) is 5.57 Å². The first-order valence-corrected chi connectivity index (χ1v) is 12.2. The standard InChI is InChI=1S/C23H25N5OS2/c1-6-13(2)16-7-9-18(10-8-16)27-14(3)11-17(15(27)4)12-19-20(24)28-22(25-21(19)29)31-23(26-28)30-5/h7-13,24H,6H2,1-5H3/b19-12-,24-20?/t13-/m0/s1. The third-order valence-corrected chi connectivity index (χ3v) is 7.60. The third kappa shape index (κ3) is 3.90. The number of aromatic nitrogens is 1. The number of carbonyl (C=O) groups is 1. The summed E-state index contributed by atoms with van der Waals surface area (Å²) in [5, 5.41) is 14.8. The molecule has 8 heteroatoms. The van der Waals surface area contributed by atoms with Crippen LogP contribution in [0, 0.1) is 19.3 Å². The summed E-state index contributed by atoms with van der Waals surface area (Å²) in [5.74, 6) is 0.200. The van der Waals surface area contributed by atoms with E-state index in [4.69, 9.17) is 5.41 Å². The lowest BCUT2D eigenvalue weighted by Crippen LogP contribution is -2.35. The van der Waals surface area contributed by atoms with Crippen molar-refractivity contribution in [2.24, 2.45) is 10.1 Å². The zero-order chi connectivity index (χ0) is 22.3. The molecule has 31 heavy (non-hydrogen) atoms. The van der Waals surface area contributed by atoms with Gasteiger partial charge in [-0.2, -0.15) is 10.0 Å². The van der Waals surface area contributed by atoms with Gasteiger partial charge in [0.1, 0.15) is 0 Å². The van der Waals surface area contributed by atoms with Crippen LogP contribution in [0.4, 0.5) is 0 Å². The molecule has 1 atom stereocenters. The second kappa shape index (κ2) is 8.51. The minimum Gasteiger partial charge on any atom is -0.318 e. The van der Waals surface area contributed by atoms with E-state index in [0.717, 1.165) is 33.4 Å². The largest absolute Gasteiger partial charge is 0.318 e. The number of amidine groups is 2. The number of benzene rings is 1. The smallest absolute Gasteiger partial charge is 0.283 e. The normalized spacial score (nSPS) is 18.4. The fourth-order valence-corrected chi connectivity index (χ4v) is 5.08. The molecule has 0 radical (unpaired) electrons. The summed E-state index contributed by atoms with van der Waals surface area (Å²) in [7, 11) is 0. The van der Waals surface area contributed by atoms with Gasteiger partial charge in [-0.05, 0) is 79.6 Å². The van der Waals surface area contributed by atoms with Crippen molar-refractivity contribution in [3.8, 4) is 5.69 Å². The quantitative estimate of drug-likeness (QED) is 0.619. The van der Waals surface area contributed by atoms with Crippen LogP contribution < -0.4 is 0 Å². The average Bonchev–Trinajstić information content (AvgIpc) is 3.30. The summed E-state index contributed by atoms with van der Waals surface area (Å²) >= 11 is 2.79. The monoisotopic (exact) mass is 451 g/mol. The number of carbonyl (C=O) groups excluding carboxylic acids is 1. The molecular formula is C23H25N5OS2. The summed E-state index contributed by atoms with van der Waals surface area (Å²) in [6, 6.07) is 10.7. The first kappa shape index (κ1) is 21.6. The molecular weight excluding hydrogens is 426 g/mol. The highest BCUT2D eigenvalue weighted by molar-refractivity contribution is 8.45. The van der Waals surface area contributed by atoms with Crippen molar-refractivity contribution < 1.29 is 4.79 Å². The summed E-state index contributed by atoms with van der Waals surface area (Å²) < 4.78 is 2.95. The van der Waals surface area contributed by atoms with E-state index in [1.165, 1.54) is 34.1 Å². The van der Waals surface area contributed by atoms with Crippen molar-refractivity contribution >= 4 is 50.9 Å². The Balaban J connectivity index is 1.69. The zero-order valence-corrected chi connectivity index (χ0v) is 19.9. The van der Waals surface area contributed by atoms with Crippen LogP contribution in [-0.4, -0.2) is 37.1 Å². The van der Waals surface area contributed by atoms with Gasteiger partial charge in [-0.1, -0.05) is 26.0 Å². The molecule has 1 N–H and O–H groups in total. The maximum Gasteiger partial charge on any atom is 0.283 e. The Morgan fingerprint density at radius 1 is 1.26 bits per heavy atom. The Labute approximate surface area is 191 Å². The number of rotatable bonds is 4.